The minimum absolute atomic E-state index is 0.0438. The highest BCUT2D eigenvalue weighted by Crippen LogP contribution is 2.52. The van der Waals surface area contributed by atoms with Crippen LogP contribution in [0.25, 0.3) is 6.08 Å². The van der Waals surface area contributed by atoms with Crippen LogP contribution in [0, 0.1) is 0 Å². The molecular formula is C27H34N2O3S. The van der Waals surface area contributed by atoms with Crippen LogP contribution in [0.15, 0.2) is 54.6 Å². The van der Waals surface area contributed by atoms with Gasteiger partial charge in [-0.2, -0.15) is 11.8 Å². The molecule has 1 saturated heterocycles. The van der Waals surface area contributed by atoms with Gasteiger partial charge in [-0.05, 0) is 61.0 Å². The number of carbonyl (C=O) groups is 1. The Morgan fingerprint density at radius 1 is 1.15 bits per heavy atom. The SMILES string of the molecule is COc1ccc(/C=C/CN2CCC3(CC2)c2ccccc2[C@@H](NC(=O)CSC)[C@@H]3OC)cc1. The number of fused-ring (bicyclic) bond motifs is 2. The molecule has 1 aliphatic carbocycles. The van der Waals surface area contributed by atoms with Gasteiger partial charge in [0.15, 0.2) is 0 Å². The van der Waals surface area contributed by atoms with Crippen molar-refractivity contribution in [2.75, 3.05) is 45.9 Å². The number of carbonyl (C=O) groups excluding carboxylic acids is 1. The van der Waals surface area contributed by atoms with Crippen LogP contribution in [-0.2, 0) is 14.9 Å². The Morgan fingerprint density at radius 3 is 2.55 bits per heavy atom. The first kappa shape index (κ1) is 23.9. The molecular weight excluding hydrogens is 432 g/mol. The largest absolute Gasteiger partial charge is 0.497 e. The maximum atomic E-state index is 12.5. The van der Waals surface area contributed by atoms with Gasteiger partial charge in [-0.1, -0.05) is 48.6 Å². The van der Waals surface area contributed by atoms with Crippen molar-refractivity contribution in [3.05, 3.63) is 71.3 Å². The first-order valence-corrected chi connectivity index (χ1v) is 12.9. The summed E-state index contributed by atoms with van der Waals surface area (Å²) >= 11 is 1.55. The molecule has 1 fully saturated rings. The third-order valence-electron chi connectivity index (χ3n) is 7.06. The summed E-state index contributed by atoms with van der Waals surface area (Å²) in [7, 11) is 3.47. The van der Waals surface area contributed by atoms with Crippen molar-refractivity contribution in [2.24, 2.45) is 0 Å². The van der Waals surface area contributed by atoms with E-state index in [4.69, 9.17) is 9.47 Å². The second kappa shape index (κ2) is 10.8. The molecule has 0 saturated carbocycles. The summed E-state index contributed by atoms with van der Waals surface area (Å²) in [6.45, 7) is 2.94. The maximum absolute atomic E-state index is 12.5. The van der Waals surface area contributed by atoms with Gasteiger partial charge in [0.25, 0.3) is 0 Å². The number of nitrogens with one attached hydrogen (secondary N) is 1. The lowest BCUT2D eigenvalue weighted by Crippen LogP contribution is -2.50. The predicted octanol–water partition coefficient (Wildman–Crippen LogP) is 4.29. The average molecular weight is 467 g/mol. The molecule has 1 N–H and O–H groups in total. The molecule has 0 bridgehead atoms. The van der Waals surface area contributed by atoms with Gasteiger partial charge in [-0.15, -0.1) is 0 Å². The van der Waals surface area contributed by atoms with E-state index >= 15 is 0 Å². The summed E-state index contributed by atoms with van der Waals surface area (Å²) in [6.07, 6.45) is 8.36. The number of nitrogens with zero attached hydrogens (tertiary/aromatic N) is 1. The van der Waals surface area contributed by atoms with E-state index in [1.165, 1.54) is 16.7 Å². The number of likely N-dealkylation sites (tertiary alicyclic amines) is 1. The molecule has 6 heteroatoms. The average Bonchev–Trinajstić information content (AvgIpc) is 3.09. The smallest absolute Gasteiger partial charge is 0.230 e. The van der Waals surface area contributed by atoms with Crippen LogP contribution < -0.4 is 10.1 Å². The zero-order chi connectivity index (χ0) is 23.3. The molecule has 1 aliphatic heterocycles. The molecule has 1 spiro atoms. The molecule has 2 aromatic carbocycles. The highest BCUT2D eigenvalue weighted by Gasteiger charge is 2.53. The molecule has 2 aliphatic rings. The molecule has 0 unspecified atom stereocenters. The van der Waals surface area contributed by atoms with Gasteiger partial charge in [-0.25, -0.2) is 0 Å². The molecule has 176 valence electrons. The van der Waals surface area contributed by atoms with Crippen molar-refractivity contribution in [2.45, 2.75) is 30.4 Å². The van der Waals surface area contributed by atoms with Crippen LogP contribution in [0.5, 0.6) is 5.75 Å². The van der Waals surface area contributed by atoms with Gasteiger partial charge < -0.3 is 14.8 Å². The number of ether oxygens (including phenoxy) is 2. The summed E-state index contributed by atoms with van der Waals surface area (Å²) in [5, 5.41) is 3.26. The topological polar surface area (TPSA) is 50.8 Å². The summed E-state index contributed by atoms with van der Waals surface area (Å²) in [5.74, 6) is 1.42. The minimum atomic E-state index is -0.0904. The second-order valence-corrected chi connectivity index (χ2v) is 9.72. The van der Waals surface area contributed by atoms with E-state index in [0.29, 0.717) is 5.75 Å². The monoisotopic (exact) mass is 466 g/mol. The van der Waals surface area contributed by atoms with Gasteiger partial charge in [0, 0.05) is 19.1 Å². The first-order valence-electron chi connectivity index (χ1n) is 11.5. The van der Waals surface area contributed by atoms with Crippen molar-refractivity contribution in [1.82, 2.24) is 10.2 Å². The Hall–Kier alpha value is -2.28. The number of hydrogen-bond donors (Lipinski definition) is 1. The van der Waals surface area contributed by atoms with E-state index in [2.05, 4.69) is 58.8 Å². The van der Waals surface area contributed by atoms with Crippen LogP contribution in [0.2, 0.25) is 0 Å². The molecule has 2 atom stereocenters. The molecule has 0 aromatic heterocycles. The number of benzene rings is 2. The lowest BCUT2D eigenvalue weighted by Gasteiger charge is -2.44. The van der Waals surface area contributed by atoms with Gasteiger partial charge in [0.2, 0.25) is 5.91 Å². The number of thioether (sulfide) groups is 1. The zero-order valence-electron chi connectivity index (χ0n) is 19.8. The molecule has 1 heterocycles. The fourth-order valence-corrected chi connectivity index (χ4v) is 5.81. The third-order valence-corrected chi connectivity index (χ3v) is 7.61. The first-order chi connectivity index (χ1) is 16.1. The number of amides is 1. The molecule has 0 radical (unpaired) electrons. The normalized spacial score (nSPS) is 21.9. The maximum Gasteiger partial charge on any atom is 0.230 e. The van der Waals surface area contributed by atoms with E-state index in [9.17, 15) is 4.79 Å². The van der Waals surface area contributed by atoms with E-state index < -0.39 is 0 Å². The van der Waals surface area contributed by atoms with Crippen LogP contribution in [0.1, 0.15) is 35.6 Å². The Kier molecular flexibility index (Phi) is 7.78. The summed E-state index contributed by atoms with van der Waals surface area (Å²) in [4.78, 5) is 15.0. The molecule has 5 nitrogen and oxygen atoms in total. The fourth-order valence-electron chi connectivity index (χ4n) is 5.46. The lowest BCUT2D eigenvalue weighted by molar-refractivity contribution is -0.120. The van der Waals surface area contributed by atoms with Gasteiger partial charge >= 0.3 is 0 Å². The number of methoxy groups -OCH3 is 2. The van der Waals surface area contributed by atoms with Crippen molar-refractivity contribution >= 4 is 23.7 Å². The Labute approximate surface area is 201 Å². The summed E-state index contributed by atoms with van der Waals surface area (Å²) < 4.78 is 11.3. The molecule has 2 aromatic rings. The quantitative estimate of drug-likeness (QED) is 0.629. The minimum Gasteiger partial charge on any atom is -0.497 e. The Morgan fingerprint density at radius 2 is 1.88 bits per heavy atom. The number of hydrogen-bond acceptors (Lipinski definition) is 5. The molecule has 33 heavy (non-hydrogen) atoms. The predicted molar refractivity (Wildman–Crippen MR) is 136 cm³/mol. The van der Waals surface area contributed by atoms with Crippen LogP contribution in [0.3, 0.4) is 0 Å². The van der Waals surface area contributed by atoms with Crippen molar-refractivity contribution in [3.8, 4) is 5.75 Å². The second-order valence-electron chi connectivity index (χ2n) is 8.85. The van der Waals surface area contributed by atoms with Gasteiger partial charge in [0.1, 0.15) is 5.75 Å². The van der Waals surface area contributed by atoms with Crippen molar-refractivity contribution in [3.63, 3.8) is 0 Å². The standard InChI is InChI=1S/C27H34N2O3S/c1-31-21-12-10-20(11-13-21)7-6-16-29-17-14-27(15-18-29)23-9-5-4-8-22(23)25(26(27)32-2)28-24(30)19-33-3/h4-13,25-26H,14-19H2,1-3H3,(H,28,30)/b7-6+/t25-,26+/m1/s1. The van der Waals surface area contributed by atoms with Crippen LogP contribution in [-0.4, -0.2) is 62.8 Å². The van der Waals surface area contributed by atoms with Crippen LogP contribution in [0.4, 0.5) is 0 Å². The lowest BCUT2D eigenvalue weighted by atomic mass is 9.72. The molecule has 1 amide bonds. The van der Waals surface area contributed by atoms with E-state index in [1.807, 2.05) is 18.4 Å². The van der Waals surface area contributed by atoms with E-state index in [1.54, 1.807) is 26.0 Å². The molecule has 4 rings (SSSR count). The van der Waals surface area contributed by atoms with Crippen LogP contribution >= 0.6 is 11.8 Å². The third kappa shape index (κ3) is 4.98. The van der Waals surface area contributed by atoms with E-state index in [-0.39, 0.29) is 23.5 Å². The van der Waals surface area contributed by atoms with Gasteiger partial charge in [0.05, 0.1) is 25.0 Å². The van der Waals surface area contributed by atoms with E-state index in [0.717, 1.165) is 38.2 Å². The summed E-state index contributed by atoms with van der Waals surface area (Å²) in [5.41, 5.74) is 3.68. The number of rotatable bonds is 8. The van der Waals surface area contributed by atoms with Gasteiger partial charge in [-0.3, -0.25) is 9.69 Å². The zero-order valence-corrected chi connectivity index (χ0v) is 20.6. The fraction of sp³-hybridized carbons (Fsp3) is 0.444. The highest BCUT2D eigenvalue weighted by atomic mass is 32.2. The summed E-state index contributed by atoms with van der Waals surface area (Å²) in [6, 6.07) is 16.6. The van der Waals surface area contributed by atoms with Crippen molar-refractivity contribution in [1.29, 1.82) is 0 Å². The van der Waals surface area contributed by atoms with Crippen molar-refractivity contribution < 1.29 is 14.3 Å². The Bertz CT molecular complexity index is 968. The number of piperidine rings is 1. The highest BCUT2D eigenvalue weighted by molar-refractivity contribution is 7.99. The Balaban J connectivity index is 1.44.